The van der Waals surface area contributed by atoms with Crippen molar-refractivity contribution in [2.24, 2.45) is 11.8 Å². The van der Waals surface area contributed by atoms with Gasteiger partial charge in [0.15, 0.2) is 0 Å². The van der Waals surface area contributed by atoms with Gasteiger partial charge >= 0.3 is 0 Å². The summed E-state index contributed by atoms with van der Waals surface area (Å²) in [6, 6.07) is 0. The molecule has 2 unspecified atom stereocenters. The molecule has 2 rings (SSSR count). The first-order valence-electron chi connectivity index (χ1n) is 6.12. The molecule has 2 aliphatic rings. The van der Waals surface area contributed by atoms with Crippen LogP contribution in [0.1, 0.15) is 51.9 Å². The lowest BCUT2D eigenvalue weighted by molar-refractivity contribution is -0.00504. The highest BCUT2D eigenvalue weighted by molar-refractivity contribution is 5.10. The molecule has 0 bridgehead atoms. The van der Waals surface area contributed by atoms with Gasteiger partial charge in [-0.2, -0.15) is 0 Å². The lowest BCUT2D eigenvalue weighted by atomic mass is 9.71. The SMILES string of the molecule is CC1C=CC(O)(C2CCCCC2)CC1. The monoisotopic (exact) mass is 194 g/mol. The average molecular weight is 194 g/mol. The van der Waals surface area contributed by atoms with Gasteiger partial charge in [-0.05, 0) is 37.5 Å². The number of rotatable bonds is 1. The largest absolute Gasteiger partial charge is 0.386 e. The molecule has 1 N–H and O–H groups in total. The molecule has 1 heteroatoms. The maximum atomic E-state index is 10.5. The number of hydrogen-bond acceptors (Lipinski definition) is 1. The smallest absolute Gasteiger partial charge is 0.0856 e. The minimum atomic E-state index is -0.451. The molecule has 0 aliphatic heterocycles. The zero-order valence-electron chi connectivity index (χ0n) is 9.21. The summed E-state index contributed by atoms with van der Waals surface area (Å²) < 4.78 is 0. The van der Waals surface area contributed by atoms with Gasteiger partial charge in [-0.1, -0.05) is 38.3 Å². The van der Waals surface area contributed by atoms with Gasteiger partial charge in [0.2, 0.25) is 0 Å². The molecule has 0 aromatic heterocycles. The zero-order chi connectivity index (χ0) is 10.0. The standard InChI is InChI=1S/C13H22O/c1-11-7-9-13(14,10-8-11)12-5-3-2-4-6-12/h7,9,11-12,14H,2-6,8,10H2,1H3. The summed E-state index contributed by atoms with van der Waals surface area (Å²) >= 11 is 0. The van der Waals surface area contributed by atoms with Crippen molar-refractivity contribution in [1.29, 1.82) is 0 Å². The Balaban J connectivity index is 2.03. The minimum absolute atomic E-state index is 0.451. The van der Waals surface area contributed by atoms with Crippen LogP contribution in [0, 0.1) is 11.8 Å². The fraction of sp³-hybridized carbons (Fsp3) is 0.846. The number of allylic oxidation sites excluding steroid dienone is 1. The van der Waals surface area contributed by atoms with Crippen LogP contribution in [0.15, 0.2) is 12.2 Å². The molecule has 0 amide bonds. The van der Waals surface area contributed by atoms with E-state index in [4.69, 9.17) is 0 Å². The summed E-state index contributed by atoms with van der Waals surface area (Å²) in [5.41, 5.74) is -0.451. The fourth-order valence-electron chi connectivity index (χ4n) is 2.91. The molecule has 0 aromatic carbocycles. The van der Waals surface area contributed by atoms with E-state index in [-0.39, 0.29) is 0 Å². The van der Waals surface area contributed by atoms with Gasteiger partial charge in [0.05, 0.1) is 5.60 Å². The van der Waals surface area contributed by atoms with Crippen LogP contribution >= 0.6 is 0 Å². The van der Waals surface area contributed by atoms with Crippen LogP contribution in [-0.4, -0.2) is 10.7 Å². The van der Waals surface area contributed by atoms with E-state index in [0.29, 0.717) is 11.8 Å². The van der Waals surface area contributed by atoms with Gasteiger partial charge in [-0.15, -0.1) is 0 Å². The van der Waals surface area contributed by atoms with E-state index >= 15 is 0 Å². The summed E-state index contributed by atoms with van der Waals surface area (Å²) in [6.07, 6.45) is 12.9. The highest BCUT2D eigenvalue weighted by Crippen LogP contribution is 2.39. The van der Waals surface area contributed by atoms with Crippen molar-refractivity contribution in [3.8, 4) is 0 Å². The first kappa shape index (κ1) is 10.2. The Morgan fingerprint density at radius 1 is 1.14 bits per heavy atom. The van der Waals surface area contributed by atoms with E-state index in [9.17, 15) is 5.11 Å². The molecule has 0 heterocycles. The van der Waals surface area contributed by atoms with E-state index in [1.54, 1.807) is 0 Å². The van der Waals surface area contributed by atoms with Crippen molar-refractivity contribution >= 4 is 0 Å². The molecule has 1 nitrogen and oxygen atoms in total. The molecule has 0 radical (unpaired) electrons. The average Bonchev–Trinajstić information content (AvgIpc) is 2.24. The summed E-state index contributed by atoms with van der Waals surface area (Å²) in [5.74, 6) is 1.21. The van der Waals surface area contributed by atoms with Crippen LogP contribution in [-0.2, 0) is 0 Å². The fourth-order valence-corrected chi connectivity index (χ4v) is 2.91. The van der Waals surface area contributed by atoms with Crippen LogP contribution in [0.3, 0.4) is 0 Å². The number of hydrogen-bond donors (Lipinski definition) is 1. The van der Waals surface area contributed by atoms with Crippen LogP contribution < -0.4 is 0 Å². The van der Waals surface area contributed by atoms with E-state index in [0.717, 1.165) is 12.8 Å². The van der Waals surface area contributed by atoms with Gasteiger partial charge in [-0.25, -0.2) is 0 Å². The highest BCUT2D eigenvalue weighted by atomic mass is 16.3. The quantitative estimate of drug-likeness (QED) is 0.635. The second-order valence-corrected chi connectivity index (χ2v) is 5.20. The Hall–Kier alpha value is -0.300. The molecular formula is C13H22O. The van der Waals surface area contributed by atoms with E-state index in [1.807, 2.05) is 0 Å². The van der Waals surface area contributed by atoms with Crippen molar-refractivity contribution in [3.05, 3.63) is 12.2 Å². The maximum Gasteiger partial charge on any atom is 0.0856 e. The van der Waals surface area contributed by atoms with Gasteiger partial charge in [0, 0.05) is 0 Å². The molecule has 14 heavy (non-hydrogen) atoms. The lowest BCUT2D eigenvalue weighted by Crippen LogP contribution is -2.39. The molecule has 80 valence electrons. The Bertz CT molecular complexity index is 215. The third-order valence-electron chi connectivity index (χ3n) is 4.03. The first-order chi connectivity index (χ1) is 6.71. The van der Waals surface area contributed by atoms with Gasteiger partial charge < -0.3 is 5.11 Å². The predicted octanol–water partition coefficient (Wildman–Crippen LogP) is 3.28. The van der Waals surface area contributed by atoms with Crippen molar-refractivity contribution in [2.75, 3.05) is 0 Å². The second-order valence-electron chi connectivity index (χ2n) is 5.20. The Morgan fingerprint density at radius 3 is 2.43 bits per heavy atom. The van der Waals surface area contributed by atoms with Crippen molar-refractivity contribution < 1.29 is 5.11 Å². The molecule has 0 aromatic rings. The van der Waals surface area contributed by atoms with Crippen LogP contribution in [0.2, 0.25) is 0 Å². The highest BCUT2D eigenvalue weighted by Gasteiger charge is 2.36. The van der Waals surface area contributed by atoms with E-state index in [1.165, 1.54) is 32.1 Å². The lowest BCUT2D eigenvalue weighted by Gasteiger charge is -2.39. The molecular weight excluding hydrogens is 172 g/mol. The molecule has 2 atom stereocenters. The third kappa shape index (κ3) is 2.03. The maximum absolute atomic E-state index is 10.5. The predicted molar refractivity (Wildman–Crippen MR) is 59.1 cm³/mol. The molecule has 2 aliphatic carbocycles. The first-order valence-corrected chi connectivity index (χ1v) is 6.12. The van der Waals surface area contributed by atoms with Crippen LogP contribution in [0.5, 0.6) is 0 Å². The molecule has 1 fully saturated rings. The summed E-state index contributed by atoms with van der Waals surface area (Å²) in [6.45, 7) is 2.23. The van der Waals surface area contributed by atoms with Crippen molar-refractivity contribution in [3.63, 3.8) is 0 Å². The van der Waals surface area contributed by atoms with E-state index < -0.39 is 5.60 Å². The normalized spacial score (nSPS) is 40.0. The number of aliphatic hydroxyl groups is 1. The van der Waals surface area contributed by atoms with Crippen LogP contribution in [0.4, 0.5) is 0 Å². The summed E-state index contributed by atoms with van der Waals surface area (Å²) in [7, 11) is 0. The van der Waals surface area contributed by atoms with Crippen molar-refractivity contribution in [2.45, 2.75) is 57.5 Å². The van der Waals surface area contributed by atoms with Crippen molar-refractivity contribution in [1.82, 2.24) is 0 Å². The van der Waals surface area contributed by atoms with Crippen LogP contribution in [0.25, 0.3) is 0 Å². The van der Waals surface area contributed by atoms with E-state index in [2.05, 4.69) is 19.1 Å². The Morgan fingerprint density at radius 2 is 1.86 bits per heavy atom. The summed E-state index contributed by atoms with van der Waals surface area (Å²) in [4.78, 5) is 0. The summed E-state index contributed by atoms with van der Waals surface area (Å²) in [5, 5.41) is 10.5. The Kier molecular flexibility index (Phi) is 2.96. The molecule has 1 saturated carbocycles. The van der Waals surface area contributed by atoms with Gasteiger partial charge in [0.25, 0.3) is 0 Å². The zero-order valence-corrected chi connectivity index (χ0v) is 9.21. The second kappa shape index (κ2) is 4.06. The third-order valence-corrected chi connectivity index (χ3v) is 4.03. The Labute approximate surface area is 87.2 Å². The topological polar surface area (TPSA) is 20.2 Å². The minimum Gasteiger partial charge on any atom is -0.386 e. The molecule has 0 spiro atoms. The molecule has 0 saturated heterocycles. The van der Waals surface area contributed by atoms with Gasteiger partial charge in [-0.3, -0.25) is 0 Å². The van der Waals surface area contributed by atoms with Gasteiger partial charge in [0.1, 0.15) is 0 Å².